The van der Waals surface area contributed by atoms with Gasteiger partial charge in [-0.05, 0) is 71.0 Å². The molecular formula is C18H17BrN4O2S. The largest absolute Gasteiger partial charge is 0.497 e. The van der Waals surface area contributed by atoms with Crippen LogP contribution in [0.25, 0.3) is 0 Å². The highest BCUT2D eigenvalue weighted by Gasteiger charge is 2.14. The number of hydrogen-bond acceptors (Lipinski definition) is 5. The number of aromatic nitrogens is 3. The molecule has 6 nitrogen and oxygen atoms in total. The summed E-state index contributed by atoms with van der Waals surface area (Å²) in [7, 11) is 1.59. The van der Waals surface area contributed by atoms with E-state index in [1.165, 1.54) is 11.8 Å². The minimum atomic E-state index is -0.182. The summed E-state index contributed by atoms with van der Waals surface area (Å²) in [4.78, 5) is 17.8. The highest BCUT2D eigenvalue weighted by molar-refractivity contribution is 9.10. The molecule has 3 rings (SSSR count). The minimum Gasteiger partial charge on any atom is -0.497 e. The predicted octanol–water partition coefficient (Wildman–Crippen LogP) is 4.47. The van der Waals surface area contributed by atoms with Crippen molar-refractivity contribution in [3.63, 3.8) is 0 Å². The van der Waals surface area contributed by atoms with Gasteiger partial charge < -0.3 is 10.1 Å². The van der Waals surface area contributed by atoms with Gasteiger partial charge in [0.25, 0.3) is 5.91 Å². The van der Waals surface area contributed by atoms with E-state index in [0.29, 0.717) is 22.6 Å². The fraction of sp³-hybridized carbons (Fsp3) is 0.167. The van der Waals surface area contributed by atoms with Gasteiger partial charge in [-0.1, -0.05) is 12.1 Å². The number of nitrogens with zero attached hydrogens (tertiary/aromatic N) is 3. The first-order valence-corrected chi connectivity index (χ1v) is 9.54. The Labute approximate surface area is 164 Å². The molecule has 0 saturated carbocycles. The fourth-order valence-electron chi connectivity index (χ4n) is 2.28. The summed E-state index contributed by atoms with van der Waals surface area (Å²) in [5, 5.41) is 8.00. The first-order valence-electron chi connectivity index (χ1n) is 7.93. The number of methoxy groups -OCH3 is 1. The number of rotatable bonds is 6. The minimum absolute atomic E-state index is 0.182. The van der Waals surface area contributed by atoms with Gasteiger partial charge >= 0.3 is 0 Å². The number of anilines is 1. The second kappa shape index (κ2) is 8.37. The van der Waals surface area contributed by atoms with Crippen molar-refractivity contribution in [2.24, 2.45) is 0 Å². The number of halogens is 1. The topological polar surface area (TPSA) is 69.0 Å². The average molecular weight is 433 g/mol. The maximum Gasteiger partial charge on any atom is 0.255 e. The van der Waals surface area contributed by atoms with E-state index in [2.05, 4.69) is 31.3 Å². The molecule has 2 aromatic carbocycles. The van der Waals surface area contributed by atoms with Gasteiger partial charge in [0.1, 0.15) is 5.75 Å². The third-order valence-electron chi connectivity index (χ3n) is 3.60. The van der Waals surface area contributed by atoms with Crippen molar-refractivity contribution in [2.75, 3.05) is 12.4 Å². The molecule has 134 valence electrons. The molecule has 0 saturated heterocycles. The molecule has 0 spiro atoms. The van der Waals surface area contributed by atoms with Gasteiger partial charge in [0.2, 0.25) is 4.73 Å². The summed E-state index contributed by atoms with van der Waals surface area (Å²) in [5.74, 6) is 0.529. The second-order valence-electron chi connectivity index (χ2n) is 5.26. The lowest BCUT2D eigenvalue weighted by molar-refractivity contribution is 0.102. The molecule has 0 aliphatic carbocycles. The van der Waals surface area contributed by atoms with E-state index in [1.54, 1.807) is 36.1 Å². The zero-order chi connectivity index (χ0) is 18.5. The average Bonchev–Trinajstić information content (AvgIpc) is 3.02. The van der Waals surface area contributed by atoms with Gasteiger partial charge in [0.05, 0.1) is 12.8 Å². The standard InChI is InChI=1S/C18H17BrN4O2S/c1-3-23-18(21-17(19)22-23)26-15-7-5-4-6-14(15)20-16(24)12-8-10-13(25-2)11-9-12/h4-11H,3H2,1-2H3,(H,20,24). The smallest absolute Gasteiger partial charge is 0.255 e. The van der Waals surface area contributed by atoms with Gasteiger partial charge in [-0.3, -0.25) is 4.79 Å². The molecule has 1 amide bonds. The molecule has 0 bridgehead atoms. The van der Waals surface area contributed by atoms with Crippen LogP contribution in [0.2, 0.25) is 0 Å². The van der Waals surface area contributed by atoms with Crippen molar-refractivity contribution < 1.29 is 9.53 Å². The molecule has 0 fully saturated rings. The molecule has 1 heterocycles. The van der Waals surface area contributed by atoms with Crippen LogP contribution in [0.15, 0.2) is 63.3 Å². The Morgan fingerprint density at radius 2 is 1.96 bits per heavy atom. The number of nitrogens with one attached hydrogen (secondary N) is 1. The highest BCUT2D eigenvalue weighted by atomic mass is 79.9. The summed E-state index contributed by atoms with van der Waals surface area (Å²) in [5.41, 5.74) is 1.28. The fourth-order valence-corrected chi connectivity index (χ4v) is 3.73. The molecule has 0 aliphatic rings. The van der Waals surface area contributed by atoms with Gasteiger partial charge in [-0.2, -0.15) is 4.98 Å². The van der Waals surface area contributed by atoms with Crippen LogP contribution < -0.4 is 10.1 Å². The van der Waals surface area contributed by atoms with Crippen LogP contribution >= 0.6 is 27.7 Å². The number of carbonyl (C=O) groups excluding carboxylic acids is 1. The number of ether oxygens (including phenoxy) is 1. The van der Waals surface area contributed by atoms with E-state index in [9.17, 15) is 4.79 Å². The van der Waals surface area contributed by atoms with Crippen LogP contribution in [0.3, 0.4) is 0 Å². The van der Waals surface area contributed by atoms with Crippen LogP contribution in [-0.4, -0.2) is 27.8 Å². The summed E-state index contributed by atoms with van der Waals surface area (Å²) < 4.78 is 7.47. The summed E-state index contributed by atoms with van der Waals surface area (Å²) in [6, 6.07) is 14.6. The molecule has 1 N–H and O–H groups in total. The van der Waals surface area contributed by atoms with Gasteiger partial charge in [-0.15, -0.1) is 5.10 Å². The second-order valence-corrected chi connectivity index (χ2v) is 6.98. The Morgan fingerprint density at radius 3 is 2.65 bits per heavy atom. The zero-order valence-corrected chi connectivity index (χ0v) is 16.7. The Bertz CT molecular complexity index is 912. The van der Waals surface area contributed by atoms with E-state index >= 15 is 0 Å². The Balaban J connectivity index is 1.81. The third-order valence-corrected chi connectivity index (χ3v) is 5.00. The molecule has 0 unspecified atom stereocenters. The summed E-state index contributed by atoms with van der Waals surface area (Å²) >= 11 is 4.76. The van der Waals surface area contributed by atoms with Crippen LogP contribution in [0.5, 0.6) is 5.75 Å². The normalized spacial score (nSPS) is 10.6. The van der Waals surface area contributed by atoms with Crippen LogP contribution in [0, 0.1) is 0 Å². The number of benzene rings is 2. The van der Waals surface area contributed by atoms with Crippen LogP contribution in [0.4, 0.5) is 5.69 Å². The lowest BCUT2D eigenvalue weighted by atomic mass is 10.2. The van der Waals surface area contributed by atoms with Crippen molar-refractivity contribution in [3.8, 4) is 5.75 Å². The summed E-state index contributed by atoms with van der Waals surface area (Å²) in [6.45, 7) is 2.71. The predicted molar refractivity (Wildman–Crippen MR) is 105 cm³/mol. The highest BCUT2D eigenvalue weighted by Crippen LogP contribution is 2.33. The van der Waals surface area contributed by atoms with Crippen molar-refractivity contribution >= 4 is 39.3 Å². The van der Waals surface area contributed by atoms with E-state index in [1.807, 2.05) is 31.2 Å². The van der Waals surface area contributed by atoms with Crippen LogP contribution in [-0.2, 0) is 6.54 Å². The monoisotopic (exact) mass is 432 g/mol. The van der Waals surface area contributed by atoms with Crippen molar-refractivity contribution in [2.45, 2.75) is 23.5 Å². The Morgan fingerprint density at radius 1 is 1.23 bits per heavy atom. The van der Waals surface area contributed by atoms with Gasteiger partial charge in [0.15, 0.2) is 5.16 Å². The first kappa shape index (κ1) is 18.5. The molecule has 26 heavy (non-hydrogen) atoms. The van der Waals surface area contributed by atoms with E-state index < -0.39 is 0 Å². The van der Waals surface area contributed by atoms with Crippen molar-refractivity contribution in [3.05, 3.63) is 58.8 Å². The zero-order valence-electron chi connectivity index (χ0n) is 14.3. The number of aryl methyl sites for hydroxylation is 1. The van der Waals surface area contributed by atoms with E-state index in [0.717, 1.165) is 15.7 Å². The Hall–Kier alpha value is -2.32. The van der Waals surface area contributed by atoms with Gasteiger partial charge in [0, 0.05) is 17.0 Å². The van der Waals surface area contributed by atoms with Crippen molar-refractivity contribution in [1.82, 2.24) is 14.8 Å². The molecule has 3 aromatic rings. The lowest BCUT2D eigenvalue weighted by Gasteiger charge is -2.11. The van der Waals surface area contributed by atoms with Gasteiger partial charge in [-0.25, -0.2) is 4.68 Å². The number of amides is 1. The maximum atomic E-state index is 12.5. The van der Waals surface area contributed by atoms with E-state index in [4.69, 9.17) is 4.74 Å². The van der Waals surface area contributed by atoms with Crippen LogP contribution in [0.1, 0.15) is 17.3 Å². The Kier molecular flexibility index (Phi) is 5.95. The number of carbonyl (C=O) groups is 1. The quantitative estimate of drug-likeness (QED) is 0.621. The van der Waals surface area contributed by atoms with E-state index in [-0.39, 0.29) is 5.91 Å². The molecule has 0 radical (unpaired) electrons. The third kappa shape index (κ3) is 4.25. The van der Waals surface area contributed by atoms with Crippen molar-refractivity contribution in [1.29, 1.82) is 0 Å². The number of hydrogen-bond donors (Lipinski definition) is 1. The SMILES string of the molecule is CCn1nc(Br)nc1Sc1ccccc1NC(=O)c1ccc(OC)cc1. The molecule has 1 aromatic heterocycles. The molecule has 8 heteroatoms. The first-order chi connectivity index (χ1) is 12.6. The lowest BCUT2D eigenvalue weighted by Crippen LogP contribution is -2.12. The molecule has 0 atom stereocenters. The molecule has 0 aliphatic heterocycles. The maximum absolute atomic E-state index is 12.5. The summed E-state index contributed by atoms with van der Waals surface area (Å²) in [6.07, 6.45) is 0. The number of para-hydroxylation sites is 1. The molecular weight excluding hydrogens is 416 g/mol.